The standard InChI is InChI=1S/C9H21NO3S/c1-3-5-7-14(12,13)10-8-9(11)6-4-2/h9-11H,3-8H2,1-2H3. The van der Waals surface area contributed by atoms with Gasteiger partial charge in [-0.2, -0.15) is 0 Å². The van der Waals surface area contributed by atoms with Crippen molar-refractivity contribution in [2.45, 2.75) is 45.6 Å². The van der Waals surface area contributed by atoms with Gasteiger partial charge >= 0.3 is 0 Å². The second kappa shape index (κ2) is 7.20. The minimum absolute atomic E-state index is 0.139. The average Bonchev–Trinajstić information content (AvgIpc) is 2.13. The Morgan fingerprint density at radius 1 is 1.29 bits per heavy atom. The molecule has 0 amide bonds. The Bertz CT molecular complexity index is 226. The number of aliphatic hydroxyl groups excluding tert-OH is 1. The Morgan fingerprint density at radius 2 is 1.93 bits per heavy atom. The van der Waals surface area contributed by atoms with E-state index in [-0.39, 0.29) is 12.3 Å². The normalized spacial score (nSPS) is 14.2. The van der Waals surface area contributed by atoms with Crippen LogP contribution in [0.5, 0.6) is 0 Å². The number of rotatable bonds is 8. The van der Waals surface area contributed by atoms with Crippen LogP contribution in [0, 0.1) is 0 Å². The van der Waals surface area contributed by atoms with Crippen molar-refractivity contribution in [2.24, 2.45) is 0 Å². The van der Waals surface area contributed by atoms with Crippen LogP contribution in [0.15, 0.2) is 0 Å². The first-order valence-corrected chi connectivity index (χ1v) is 6.82. The highest BCUT2D eigenvalue weighted by molar-refractivity contribution is 7.89. The molecule has 4 nitrogen and oxygen atoms in total. The predicted octanol–water partition coefficient (Wildman–Crippen LogP) is 0.867. The topological polar surface area (TPSA) is 66.4 Å². The van der Waals surface area contributed by atoms with Gasteiger partial charge in [-0.1, -0.05) is 26.7 Å². The SMILES string of the molecule is CCCCS(=O)(=O)NCC(O)CCC. The molecule has 0 heterocycles. The smallest absolute Gasteiger partial charge is 0.211 e. The molecule has 1 unspecified atom stereocenters. The molecule has 0 bridgehead atoms. The molecule has 1 atom stereocenters. The van der Waals surface area contributed by atoms with Gasteiger partial charge in [0.25, 0.3) is 0 Å². The summed E-state index contributed by atoms with van der Waals surface area (Å²) in [6, 6.07) is 0. The van der Waals surface area contributed by atoms with E-state index in [1.807, 2.05) is 13.8 Å². The van der Waals surface area contributed by atoms with Crippen molar-refractivity contribution in [3.8, 4) is 0 Å². The maximum atomic E-state index is 11.3. The molecule has 0 spiro atoms. The van der Waals surface area contributed by atoms with Crippen molar-refractivity contribution in [1.82, 2.24) is 4.72 Å². The van der Waals surface area contributed by atoms with E-state index in [1.165, 1.54) is 0 Å². The second-order valence-corrected chi connectivity index (χ2v) is 5.39. The average molecular weight is 223 g/mol. The van der Waals surface area contributed by atoms with Gasteiger partial charge in [0, 0.05) is 6.54 Å². The molecule has 0 aromatic rings. The summed E-state index contributed by atoms with van der Waals surface area (Å²) in [4.78, 5) is 0. The minimum Gasteiger partial charge on any atom is -0.392 e. The van der Waals surface area contributed by atoms with Gasteiger partial charge in [-0.15, -0.1) is 0 Å². The Hall–Kier alpha value is -0.130. The first kappa shape index (κ1) is 13.9. The summed E-state index contributed by atoms with van der Waals surface area (Å²) in [5, 5.41) is 9.31. The summed E-state index contributed by atoms with van der Waals surface area (Å²) in [7, 11) is -3.17. The van der Waals surface area contributed by atoms with Crippen LogP contribution in [0.1, 0.15) is 39.5 Å². The van der Waals surface area contributed by atoms with Crippen LogP contribution in [0.2, 0.25) is 0 Å². The summed E-state index contributed by atoms with van der Waals surface area (Å²) in [5.41, 5.74) is 0. The highest BCUT2D eigenvalue weighted by Crippen LogP contribution is 1.97. The zero-order valence-corrected chi connectivity index (χ0v) is 9.81. The molecule has 0 radical (unpaired) electrons. The third-order valence-corrected chi connectivity index (χ3v) is 3.36. The van der Waals surface area contributed by atoms with Gasteiger partial charge in [0.1, 0.15) is 0 Å². The Balaban J connectivity index is 3.75. The molecule has 14 heavy (non-hydrogen) atoms. The van der Waals surface area contributed by atoms with Gasteiger partial charge < -0.3 is 5.11 Å². The van der Waals surface area contributed by atoms with Gasteiger partial charge in [-0.25, -0.2) is 13.1 Å². The van der Waals surface area contributed by atoms with Crippen molar-refractivity contribution < 1.29 is 13.5 Å². The van der Waals surface area contributed by atoms with Crippen molar-refractivity contribution in [3.63, 3.8) is 0 Å². The minimum atomic E-state index is -3.17. The molecule has 5 heteroatoms. The molecule has 0 aliphatic heterocycles. The van der Waals surface area contributed by atoms with Crippen molar-refractivity contribution in [1.29, 1.82) is 0 Å². The van der Waals surface area contributed by atoms with Crippen LogP contribution in [0.25, 0.3) is 0 Å². The summed E-state index contributed by atoms with van der Waals surface area (Å²) in [5.74, 6) is 0.155. The van der Waals surface area contributed by atoms with Gasteiger partial charge in [0.15, 0.2) is 0 Å². The first-order chi connectivity index (χ1) is 6.52. The number of nitrogens with one attached hydrogen (secondary N) is 1. The molecule has 0 aromatic carbocycles. The van der Waals surface area contributed by atoms with Crippen LogP contribution < -0.4 is 4.72 Å². The maximum Gasteiger partial charge on any atom is 0.211 e. The quantitative estimate of drug-likeness (QED) is 0.641. The van der Waals surface area contributed by atoms with Crippen molar-refractivity contribution in [2.75, 3.05) is 12.3 Å². The second-order valence-electron chi connectivity index (χ2n) is 3.46. The summed E-state index contributed by atoms with van der Waals surface area (Å²) in [6.07, 6.45) is 2.46. The van der Waals surface area contributed by atoms with Crippen molar-refractivity contribution in [3.05, 3.63) is 0 Å². The van der Waals surface area contributed by atoms with E-state index in [9.17, 15) is 13.5 Å². The van der Waals surface area contributed by atoms with Gasteiger partial charge in [0.2, 0.25) is 10.0 Å². The van der Waals surface area contributed by atoms with Crippen LogP contribution in [-0.2, 0) is 10.0 Å². The maximum absolute atomic E-state index is 11.3. The van der Waals surface area contributed by atoms with Crippen LogP contribution in [0.3, 0.4) is 0 Å². The molecule has 0 aromatic heterocycles. The fraction of sp³-hybridized carbons (Fsp3) is 1.00. The van der Waals surface area contributed by atoms with Gasteiger partial charge in [-0.05, 0) is 12.8 Å². The van der Waals surface area contributed by atoms with E-state index >= 15 is 0 Å². The zero-order chi connectivity index (χ0) is 11.0. The lowest BCUT2D eigenvalue weighted by atomic mass is 10.2. The van der Waals surface area contributed by atoms with E-state index in [0.717, 1.165) is 12.8 Å². The Kier molecular flexibility index (Phi) is 7.13. The molecule has 2 N–H and O–H groups in total. The third-order valence-electron chi connectivity index (χ3n) is 1.93. The van der Waals surface area contributed by atoms with Gasteiger partial charge in [-0.3, -0.25) is 0 Å². The summed E-state index contributed by atoms with van der Waals surface area (Å²) < 4.78 is 25.0. The molecule has 0 saturated heterocycles. The van der Waals surface area contributed by atoms with Crippen LogP contribution in [-0.4, -0.2) is 31.9 Å². The fourth-order valence-electron chi connectivity index (χ4n) is 1.06. The van der Waals surface area contributed by atoms with E-state index in [0.29, 0.717) is 12.8 Å². The van der Waals surface area contributed by atoms with Crippen LogP contribution >= 0.6 is 0 Å². The van der Waals surface area contributed by atoms with Crippen molar-refractivity contribution >= 4 is 10.0 Å². The number of unbranched alkanes of at least 4 members (excludes halogenated alkanes) is 1. The van der Waals surface area contributed by atoms with Gasteiger partial charge in [0.05, 0.1) is 11.9 Å². The Morgan fingerprint density at radius 3 is 2.43 bits per heavy atom. The van der Waals surface area contributed by atoms with Crippen LogP contribution in [0.4, 0.5) is 0 Å². The molecular formula is C9H21NO3S. The molecule has 0 fully saturated rings. The molecule has 0 saturated carbocycles. The number of aliphatic hydroxyl groups is 1. The number of hydrogen-bond acceptors (Lipinski definition) is 3. The van der Waals surface area contributed by atoms with E-state index < -0.39 is 16.1 Å². The molecule has 0 rings (SSSR count). The largest absolute Gasteiger partial charge is 0.392 e. The summed E-state index contributed by atoms with van der Waals surface area (Å²) in [6.45, 7) is 4.04. The molecular weight excluding hydrogens is 202 g/mol. The lowest BCUT2D eigenvalue weighted by Gasteiger charge is -2.10. The first-order valence-electron chi connectivity index (χ1n) is 5.17. The van der Waals surface area contributed by atoms with E-state index in [4.69, 9.17) is 0 Å². The zero-order valence-electron chi connectivity index (χ0n) is 8.99. The molecule has 0 aliphatic rings. The number of hydrogen-bond donors (Lipinski definition) is 2. The molecule has 0 aliphatic carbocycles. The van der Waals surface area contributed by atoms with E-state index in [1.54, 1.807) is 0 Å². The fourth-order valence-corrected chi connectivity index (χ4v) is 2.32. The van der Waals surface area contributed by atoms with E-state index in [2.05, 4.69) is 4.72 Å². The highest BCUT2D eigenvalue weighted by Gasteiger charge is 2.11. The molecule has 86 valence electrons. The monoisotopic (exact) mass is 223 g/mol. The lowest BCUT2D eigenvalue weighted by molar-refractivity contribution is 0.167. The highest BCUT2D eigenvalue weighted by atomic mass is 32.2. The summed E-state index contributed by atoms with van der Waals surface area (Å²) >= 11 is 0. The lowest BCUT2D eigenvalue weighted by Crippen LogP contribution is -2.33. The third kappa shape index (κ3) is 7.29. The Labute approximate surface area is 86.8 Å². The predicted molar refractivity (Wildman–Crippen MR) is 57.6 cm³/mol. The number of sulfonamides is 1.